The minimum atomic E-state index is 0.475. The van der Waals surface area contributed by atoms with Crippen LogP contribution in [0.5, 0.6) is 0 Å². The normalized spacial score (nSPS) is 35.6. The molecule has 2 aliphatic carbocycles. The zero-order valence-corrected chi connectivity index (χ0v) is 14.6. The van der Waals surface area contributed by atoms with Crippen molar-refractivity contribution in [1.82, 2.24) is 10.2 Å². The van der Waals surface area contributed by atoms with E-state index in [0.717, 1.165) is 11.5 Å². The van der Waals surface area contributed by atoms with Crippen LogP contribution < -0.4 is 5.32 Å². The number of likely N-dealkylation sites (tertiary alicyclic amines) is 1. The van der Waals surface area contributed by atoms with E-state index in [-0.39, 0.29) is 0 Å². The maximum atomic E-state index is 3.89. The fourth-order valence-corrected chi connectivity index (χ4v) is 5.42. The van der Waals surface area contributed by atoms with Crippen molar-refractivity contribution < 1.29 is 0 Å². The quantitative estimate of drug-likeness (QED) is 0.835. The summed E-state index contributed by atoms with van der Waals surface area (Å²) in [4.78, 5) is 2.85. The van der Waals surface area contributed by atoms with Gasteiger partial charge in [0.25, 0.3) is 0 Å². The standard InChI is InChI=1S/C19H36N2/c1-4-13-20-17-16(7-10-18(17,2)3)21-14-11-19(12-15-21)8-5-6-9-19/h16-17,20H,4-15H2,1-3H3. The van der Waals surface area contributed by atoms with Crippen molar-refractivity contribution in [3.05, 3.63) is 0 Å². The molecule has 0 aromatic carbocycles. The Hall–Kier alpha value is -0.0800. The minimum Gasteiger partial charge on any atom is -0.312 e. The van der Waals surface area contributed by atoms with E-state index in [1.165, 1.54) is 77.4 Å². The predicted molar refractivity (Wildman–Crippen MR) is 90.6 cm³/mol. The summed E-state index contributed by atoms with van der Waals surface area (Å²) in [5, 5.41) is 3.89. The van der Waals surface area contributed by atoms with Gasteiger partial charge in [-0.05, 0) is 75.4 Å². The molecule has 2 atom stereocenters. The summed E-state index contributed by atoms with van der Waals surface area (Å²) in [7, 11) is 0. The minimum absolute atomic E-state index is 0.475. The highest BCUT2D eigenvalue weighted by molar-refractivity contribution is 5.03. The van der Waals surface area contributed by atoms with Gasteiger partial charge in [0.1, 0.15) is 0 Å². The van der Waals surface area contributed by atoms with Crippen LogP contribution in [0.15, 0.2) is 0 Å². The van der Waals surface area contributed by atoms with Crippen molar-refractivity contribution in [1.29, 1.82) is 0 Å². The number of nitrogens with one attached hydrogen (secondary N) is 1. The third-order valence-corrected chi connectivity index (χ3v) is 6.92. The summed E-state index contributed by atoms with van der Waals surface area (Å²) in [6, 6.07) is 1.50. The van der Waals surface area contributed by atoms with E-state index >= 15 is 0 Å². The molecule has 2 saturated carbocycles. The second-order valence-electron chi connectivity index (χ2n) is 8.77. The van der Waals surface area contributed by atoms with E-state index in [1.54, 1.807) is 0 Å². The van der Waals surface area contributed by atoms with Crippen molar-refractivity contribution in [2.45, 2.75) is 90.6 Å². The first kappa shape index (κ1) is 15.8. The van der Waals surface area contributed by atoms with Crippen LogP contribution in [0.1, 0.15) is 78.6 Å². The van der Waals surface area contributed by atoms with Crippen molar-refractivity contribution >= 4 is 0 Å². The molecule has 0 amide bonds. The van der Waals surface area contributed by atoms with Crippen LogP contribution >= 0.6 is 0 Å². The van der Waals surface area contributed by atoms with Gasteiger partial charge in [-0.3, -0.25) is 4.90 Å². The van der Waals surface area contributed by atoms with E-state index in [1.807, 2.05) is 0 Å². The molecule has 0 radical (unpaired) electrons. The highest BCUT2D eigenvalue weighted by Gasteiger charge is 2.46. The van der Waals surface area contributed by atoms with Gasteiger partial charge in [-0.2, -0.15) is 0 Å². The maximum absolute atomic E-state index is 3.89. The Bertz CT molecular complexity index is 333. The molecular formula is C19H36N2. The van der Waals surface area contributed by atoms with Gasteiger partial charge in [0.2, 0.25) is 0 Å². The molecule has 1 N–H and O–H groups in total. The zero-order chi connectivity index (χ0) is 14.9. The molecular weight excluding hydrogens is 256 g/mol. The van der Waals surface area contributed by atoms with Crippen LogP contribution in [-0.4, -0.2) is 36.6 Å². The predicted octanol–water partition coefficient (Wildman–Crippen LogP) is 4.20. The van der Waals surface area contributed by atoms with Gasteiger partial charge in [-0.15, -0.1) is 0 Å². The fourth-order valence-electron chi connectivity index (χ4n) is 5.42. The van der Waals surface area contributed by atoms with Gasteiger partial charge >= 0.3 is 0 Å². The molecule has 0 bridgehead atoms. The average Bonchev–Trinajstić information content (AvgIpc) is 3.03. The van der Waals surface area contributed by atoms with Gasteiger partial charge < -0.3 is 5.32 Å². The highest BCUT2D eigenvalue weighted by Crippen LogP contribution is 2.48. The van der Waals surface area contributed by atoms with Crippen molar-refractivity contribution in [2.24, 2.45) is 10.8 Å². The smallest absolute Gasteiger partial charge is 0.0274 e. The van der Waals surface area contributed by atoms with Crippen LogP contribution in [0.4, 0.5) is 0 Å². The van der Waals surface area contributed by atoms with Crippen molar-refractivity contribution in [2.75, 3.05) is 19.6 Å². The highest BCUT2D eigenvalue weighted by atomic mass is 15.2. The summed E-state index contributed by atoms with van der Waals surface area (Å²) in [5.74, 6) is 0. The first-order valence-electron chi connectivity index (χ1n) is 9.54. The fraction of sp³-hybridized carbons (Fsp3) is 1.00. The first-order chi connectivity index (χ1) is 10.1. The SMILES string of the molecule is CCCNC1C(N2CCC3(CCCC3)CC2)CCC1(C)C. The molecule has 1 aliphatic heterocycles. The number of rotatable bonds is 4. The lowest BCUT2D eigenvalue weighted by Crippen LogP contribution is -2.54. The summed E-state index contributed by atoms with van der Waals surface area (Å²) in [6.45, 7) is 11.2. The summed E-state index contributed by atoms with van der Waals surface area (Å²) >= 11 is 0. The Morgan fingerprint density at radius 3 is 2.29 bits per heavy atom. The maximum Gasteiger partial charge on any atom is 0.0274 e. The average molecular weight is 293 g/mol. The summed E-state index contributed by atoms with van der Waals surface area (Å²) < 4.78 is 0. The van der Waals surface area contributed by atoms with E-state index < -0.39 is 0 Å². The van der Waals surface area contributed by atoms with Gasteiger partial charge in [0, 0.05) is 12.1 Å². The van der Waals surface area contributed by atoms with Crippen LogP contribution in [0.2, 0.25) is 0 Å². The molecule has 3 fully saturated rings. The van der Waals surface area contributed by atoms with Gasteiger partial charge in [-0.25, -0.2) is 0 Å². The summed E-state index contributed by atoms with van der Waals surface area (Å²) in [5.41, 5.74) is 1.24. The van der Waals surface area contributed by atoms with Gasteiger partial charge in [0.15, 0.2) is 0 Å². The lowest BCUT2D eigenvalue weighted by molar-refractivity contribution is 0.0596. The molecule has 1 saturated heterocycles. The molecule has 0 aromatic rings. The molecule has 2 unspecified atom stereocenters. The third-order valence-electron chi connectivity index (χ3n) is 6.92. The Morgan fingerprint density at radius 2 is 1.67 bits per heavy atom. The molecule has 3 aliphatic rings. The van der Waals surface area contributed by atoms with Crippen LogP contribution in [0.3, 0.4) is 0 Å². The van der Waals surface area contributed by atoms with Crippen LogP contribution in [0, 0.1) is 10.8 Å². The van der Waals surface area contributed by atoms with Crippen LogP contribution in [-0.2, 0) is 0 Å². The number of hydrogen-bond donors (Lipinski definition) is 1. The lowest BCUT2D eigenvalue weighted by Gasteiger charge is -2.45. The number of nitrogens with zero attached hydrogens (tertiary/aromatic N) is 1. The molecule has 21 heavy (non-hydrogen) atoms. The molecule has 2 heteroatoms. The molecule has 1 spiro atoms. The molecule has 3 rings (SSSR count). The molecule has 122 valence electrons. The largest absolute Gasteiger partial charge is 0.312 e. The Labute approximate surface area is 132 Å². The van der Waals surface area contributed by atoms with Gasteiger partial charge in [-0.1, -0.05) is 33.6 Å². The second kappa shape index (κ2) is 6.20. The zero-order valence-electron chi connectivity index (χ0n) is 14.6. The molecule has 0 aromatic heterocycles. The second-order valence-corrected chi connectivity index (χ2v) is 8.77. The molecule has 2 nitrogen and oxygen atoms in total. The lowest BCUT2D eigenvalue weighted by atomic mass is 9.76. The van der Waals surface area contributed by atoms with E-state index in [2.05, 4.69) is 31.0 Å². The van der Waals surface area contributed by atoms with E-state index in [9.17, 15) is 0 Å². The van der Waals surface area contributed by atoms with Gasteiger partial charge in [0.05, 0.1) is 0 Å². The number of piperidine rings is 1. The Morgan fingerprint density at radius 1 is 1.00 bits per heavy atom. The summed E-state index contributed by atoms with van der Waals surface area (Å²) in [6.07, 6.45) is 13.0. The molecule has 1 heterocycles. The van der Waals surface area contributed by atoms with E-state index in [0.29, 0.717) is 11.5 Å². The van der Waals surface area contributed by atoms with Crippen LogP contribution in [0.25, 0.3) is 0 Å². The Balaban J connectivity index is 1.61. The van der Waals surface area contributed by atoms with E-state index in [4.69, 9.17) is 0 Å². The van der Waals surface area contributed by atoms with Crippen molar-refractivity contribution in [3.63, 3.8) is 0 Å². The first-order valence-corrected chi connectivity index (χ1v) is 9.54. The monoisotopic (exact) mass is 292 g/mol. The Kier molecular flexibility index (Phi) is 4.66. The number of hydrogen-bond acceptors (Lipinski definition) is 2. The topological polar surface area (TPSA) is 15.3 Å². The third kappa shape index (κ3) is 3.17. The van der Waals surface area contributed by atoms with Crippen molar-refractivity contribution in [3.8, 4) is 0 Å².